The van der Waals surface area contributed by atoms with Crippen LogP contribution in [0.1, 0.15) is 23.9 Å². The Kier molecular flexibility index (Phi) is 3.96. The van der Waals surface area contributed by atoms with Crippen molar-refractivity contribution in [2.24, 2.45) is 0 Å². The maximum Gasteiger partial charge on any atom is 0.149 e. The lowest BCUT2D eigenvalue weighted by molar-refractivity contribution is 0.413. The molecule has 6 heteroatoms. The summed E-state index contributed by atoms with van der Waals surface area (Å²) in [6, 6.07) is 4.50. The molecule has 4 nitrogen and oxygen atoms in total. The number of rotatable bonds is 4. The van der Waals surface area contributed by atoms with Gasteiger partial charge in [0.05, 0.1) is 23.8 Å². The third-order valence-corrected chi connectivity index (χ3v) is 3.71. The van der Waals surface area contributed by atoms with Crippen molar-refractivity contribution in [1.82, 2.24) is 15.0 Å². The van der Waals surface area contributed by atoms with Gasteiger partial charge in [0, 0.05) is 6.07 Å². The Bertz CT molecular complexity index is 544. The van der Waals surface area contributed by atoms with Crippen LogP contribution in [0.5, 0.6) is 5.75 Å². The zero-order valence-corrected chi connectivity index (χ0v) is 11.7. The molecule has 0 aliphatic carbocycles. The van der Waals surface area contributed by atoms with Crippen LogP contribution in [-0.4, -0.2) is 22.1 Å². The molecule has 1 unspecified atom stereocenters. The molecular weight excluding hydrogens is 301 g/mol. The zero-order chi connectivity index (χ0) is 13.1. The van der Waals surface area contributed by atoms with Crippen LogP contribution in [0.25, 0.3) is 5.69 Å². The Morgan fingerprint density at radius 1 is 1.50 bits per heavy atom. The lowest BCUT2D eigenvalue weighted by atomic mass is 10.2. The molecule has 0 N–H and O–H groups in total. The average molecular weight is 314 g/mol. The van der Waals surface area contributed by atoms with Crippen molar-refractivity contribution in [1.29, 1.82) is 0 Å². The van der Waals surface area contributed by atoms with Crippen molar-refractivity contribution >= 4 is 15.9 Å². The van der Waals surface area contributed by atoms with E-state index in [1.807, 2.05) is 6.92 Å². The molecule has 0 bridgehead atoms. The molecule has 0 aliphatic rings. The number of hydrogen-bond acceptors (Lipinski definition) is 3. The first-order valence-electron chi connectivity index (χ1n) is 5.56. The first kappa shape index (κ1) is 13.0. The van der Waals surface area contributed by atoms with Crippen LogP contribution in [0, 0.1) is 5.82 Å². The van der Waals surface area contributed by atoms with Crippen molar-refractivity contribution in [2.45, 2.75) is 18.2 Å². The Morgan fingerprint density at radius 2 is 2.28 bits per heavy atom. The first-order valence-corrected chi connectivity index (χ1v) is 6.47. The predicted octanol–water partition coefficient (Wildman–Crippen LogP) is 3.26. The van der Waals surface area contributed by atoms with E-state index in [1.165, 1.54) is 17.9 Å². The molecule has 0 aliphatic heterocycles. The Hall–Kier alpha value is -1.43. The summed E-state index contributed by atoms with van der Waals surface area (Å²) in [5.74, 6) is 0.212. The highest BCUT2D eigenvalue weighted by molar-refractivity contribution is 9.09. The molecule has 0 saturated heterocycles. The van der Waals surface area contributed by atoms with Gasteiger partial charge in [0.1, 0.15) is 17.3 Å². The van der Waals surface area contributed by atoms with Crippen molar-refractivity contribution < 1.29 is 9.13 Å². The molecular formula is C12H13BrFN3O. The summed E-state index contributed by atoms with van der Waals surface area (Å²) in [6.45, 7) is 2.03. The summed E-state index contributed by atoms with van der Waals surface area (Å²) in [5.41, 5.74) is 1.10. The van der Waals surface area contributed by atoms with Crippen LogP contribution >= 0.6 is 15.9 Å². The van der Waals surface area contributed by atoms with Gasteiger partial charge in [0.25, 0.3) is 0 Å². The summed E-state index contributed by atoms with van der Waals surface area (Å²) in [6.07, 6.45) is 2.60. The highest BCUT2D eigenvalue weighted by Crippen LogP contribution is 2.25. The van der Waals surface area contributed by atoms with E-state index < -0.39 is 0 Å². The molecule has 1 heterocycles. The van der Waals surface area contributed by atoms with Gasteiger partial charge in [-0.05, 0) is 18.6 Å². The summed E-state index contributed by atoms with van der Waals surface area (Å²) in [5, 5.41) is 7.95. The number of hydrogen-bond donors (Lipinski definition) is 0. The number of ether oxygens (including phenoxy) is 1. The maximum atomic E-state index is 13.7. The minimum Gasteiger partial charge on any atom is -0.497 e. The molecule has 2 rings (SSSR count). The average Bonchev–Trinajstić information content (AvgIpc) is 2.88. The highest BCUT2D eigenvalue weighted by Gasteiger charge is 2.13. The molecule has 0 radical (unpaired) electrons. The van der Waals surface area contributed by atoms with E-state index in [4.69, 9.17) is 4.74 Å². The monoisotopic (exact) mass is 313 g/mol. The number of halogens is 2. The fraction of sp³-hybridized carbons (Fsp3) is 0.333. The van der Waals surface area contributed by atoms with Gasteiger partial charge in [-0.2, -0.15) is 0 Å². The van der Waals surface area contributed by atoms with Crippen LogP contribution < -0.4 is 4.74 Å². The molecule has 0 saturated carbocycles. The third-order valence-electron chi connectivity index (χ3n) is 2.59. The topological polar surface area (TPSA) is 39.9 Å². The third kappa shape index (κ3) is 2.53. The maximum absolute atomic E-state index is 13.7. The second-order valence-corrected chi connectivity index (χ2v) is 4.89. The summed E-state index contributed by atoms with van der Waals surface area (Å²) < 4.78 is 20.2. The second-order valence-electron chi connectivity index (χ2n) is 3.78. The molecule has 0 amide bonds. The van der Waals surface area contributed by atoms with Crippen LogP contribution in [0.15, 0.2) is 24.4 Å². The minimum atomic E-state index is -0.366. The van der Waals surface area contributed by atoms with E-state index in [2.05, 4.69) is 26.2 Å². The quantitative estimate of drug-likeness (QED) is 0.813. The van der Waals surface area contributed by atoms with Gasteiger partial charge in [0.15, 0.2) is 0 Å². The van der Waals surface area contributed by atoms with Gasteiger partial charge in [-0.25, -0.2) is 9.07 Å². The lowest BCUT2D eigenvalue weighted by Crippen LogP contribution is -1.99. The number of aromatic nitrogens is 3. The van der Waals surface area contributed by atoms with Crippen LogP contribution in [0.3, 0.4) is 0 Å². The second kappa shape index (κ2) is 5.48. The normalized spacial score (nSPS) is 12.4. The van der Waals surface area contributed by atoms with E-state index in [-0.39, 0.29) is 10.6 Å². The summed E-state index contributed by atoms with van der Waals surface area (Å²) in [7, 11) is 1.54. The lowest BCUT2D eigenvalue weighted by Gasteiger charge is -2.05. The van der Waals surface area contributed by atoms with Crippen LogP contribution in [0.2, 0.25) is 0 Å². The Morgan fingerprint density at radius 3 is 2.94 bits per heavy atom. The van der Waals surface area contributed by atoms with Crippen LogP contribution in [-0.2, 0) is 0 Å². The molecule has 1 aromatic heterocycles. The van der Waals surface area contributed by atoms with E-state index >= 15 is 0 Å². The molecule has 0 fully saturated rings. The Labute approximate surface area is 113 Å². The fourth-order valence-corrected chi connectivity index (χ4v) is 1.75. The standard InChI is InChI=1S/C12H13BrFN3O/c1-3-9(13)11-7-17(16-15-11)12-6-8(18-2)4-5-10(12)14/h4-7,9H,3H2,1-2H3. The minimum absolute atomic E-state index is 0.125. The van der Waals surface area contributed by atoms with Crippen molar-refractivity contribution in [3.63, 3.8) is 0 Å². The SMILES string of the molecule is CCC(Br)c1cn(-c2cc(OC)ccc2F)nn1. The van der Waals surface area contributed by atoms with Gasteiger partial charge in [-0.3, -0.25) is 0 Å². The molecule has 0 spiro atoms. The summed E-state index contributed by atoms with van der Waals surface area (Å²) in [4.78, 5) is 0.125. The first-order chi connectivity index (χ1) is 8.65. The molecule has 1 aromatic carbocycles. The number of benzene rings is 1. The zero-order valence-electron chi connectivity index (χ0n) is 10.1. The molecule has 2 aromatic rings. The number of alkyl halides is 1. The molecule has 96 valence electrons. The highest BCUT2D eigenvalue weighted by atomic mass is 79.9. The van der Waals surface area contributed by atoms with Crippen molar-refractivity contribution in [2.75, 3.05) is 7.11 Å². The fourth-order valence-electron chi connectivity index (χ4n) is 1.54. The molecule has 1 atom stereocenters. The largest absolute Gasteiger partial charge is 0.497 e. The van der Waals surface area contributed by atoms with Gasteiger partial charge in [-0.1, -0.05) is 28.1 Å². The Balaban J connectivity index is 2.39. The summed E-state index contributed by atoms with van der Waals surface area (Å²) >= 11 is 3.48. The smallest absolute Gasteiger partial charge is 0.149 e. The van der Waals surface area contributed by atoms with Gasteiger partial charge >= 0.3 is 0 Å². The van der Waals surface area contributed by atoms with Gasteiger partial charge in [-0.15, -0.1) is 5.10 Å². The number of methoxy groups -OCH3 is 1. The molecule has 18 heavy (non-hydrogen) atoms. The van der Waals surface area contributed by atoms with E-state index in [0.717, 1.165) is 12.1 Å². The number of nitrogens with zero attached hydrogens (tertiary/aromatic N) is 3. The van der Waals surface area contributed by atoms with Crippen LogP contribution in [0.4, 0.5) is 4.39 Å². The predicted molar refractivity (Wildman–Crippen MR) is 69.8 cm³/mol. The van der Waals surface area contributed by atoms with E-state index in [0.29, 0.717) is 11.4 Å². The van der Waals surface area contributed by atoms with Crippen molar-refractivity contribution in [3.05, 3.63) is 35.9 Å². The van der Waals surface area contributed by atoms with E-state index in [1.54, 1.807) is 18.3 Å². The van der Waals surface area contributed by atoms with E-state index in [9.17, 15) is 4.39 Å². The van der Waals surface area contributed by atoms with Gasteiger partial charge in [0.2, 0.25) is 0 Å². The van der Waals surface area contributed by atoms with Gasteiger partial charge < -0.3 is 4.74 Å². The van der Waals surface area contributed by atoms with Crippen molar-refractivity contribution in [3.8, 4) is 11.4 Å².